The molecule has 1 N–H and O–H groups in total. The molecule has 0 saturated carbocycles. The van der Waals surface area contributed by atoms with Crippen molar-refractivity contribution in [2.75, 3.05) is 26.2 Å². The van der Waals surface area contributed by atoms with Gasteiger partial charge in [0.1, 0.15) is 12.3 Å². The van der Waals surface area contributed by atoms with Crippen LogP contribution in [0.15, 0.2) is 71.9 Å². The zero-order chi connectivity index (χ0) is 19.9. The van der Waals surface area contributed by atoms with E-state index in [-0.39, 0.29) is 14.0 Å². The summed E-state index contributed by atoms with van der Waals surface area (Å²) in [4.78, 5) is 8.26. The van der Waals surface area contributed by atoms with E-state index in [9.17, 15) is 5.11 Å². The van der Waals surface area contributed by atoms with Gasteiger partial charge in [0.15, 0.2) is 0 Å². The molecule has 0 spiro atoms. The van der Waals surface area contributed by atoms with Gasteiger partial charge >= 0.3 is 0 Å². The van der Waals surface area contributed by atoms with Gasteiger partial charge in [-0.3, -0.25) is 4.90 Å². The minimum Gasteiger partial charge on any atom is -0.394 e. The highest BCUT2D eigenvalue weighted by Crippen LogP contribution is 2.22. The summed E-state index contributed by atoms with van der Waals surface area (Å²) in [5.41, 5.74) is 3.75. The molecule has 4 rings (SSSR count). The molecule has 0 atom stereocenters. The average Bonchev–Trinajstić information content (AvgIpc) is 2.80. The van der Waals surface area contributed by atoms with Gasteiger partial charge < -0.3 is 9.94 Å². The lowest BCUT2D eigenvalue weighted by Gasteiger charge is -2.25. The van der Waals surface area contributed by atoms with Gasteiger partial charge in [0.05, 0.1) is 6.61 Å². The Morgan fingerprint density at radius 3 is 2.40 bits per heavy atom. The van der Waals surface area contributed by atoms with Crippen LogP contribution in [0.3, 0.4) is 0 Å². The summed E-state index contributed by atoms with van der Waals surface area (Å²) in [5.74, 6) is 0. The molecular formula is C26H32N2O2. The predicted molar refractivity (Wildman–Crippen MR) is 125 cm³/mol. The lowest BCUT2D eigenvalue weighted by Crippen LogP contribution is -2.32. The van der Waals surface area contributed by atoms with Crippen LogP contribution >= 0.6 is 0 Å². The molecule has 0 aromatic heterocycles. The van der Waals surface area contributed by atoms with Crippen LogP contribution in [0, 0.1) is 0 Å². The summed E-state index contributed by atoms with van der Waals surface area (Å²) < 4.78 is 0. The fourth-order valence-electron chi connectivity index (χ4n) is 3.92. The molecule has 30 heavy (non-hydrogen) atoms. The molecule has 1 saturated heterocycles. The summed E-state index contributed by atoms with van der Waals surface area (Å²) in [6.07, 6.45) is 3.90. The van der Waals surface area contributed by atoms with E-state index < -0.39 is 0 Å². The number of nitrogens with zero attached hydrogens (tertiary/aromatic N) is 2. The van der Waals surface area contributed by atoms with Gasteiger partial charge in [0.25, 0.3) is 0 Å². The second kappa shape index (κ2) is 10.9. The zero-order valence-electron chi connectivity index (χ0n) is 16.8. The maximum atomic E-state index is 9.36. The van der Waals surface area contributed by atoms with E-state index in [1.165, 1.54) is 24.6 Å². The van der Waals surface area contributed by atoms with Crippen molar-refractivity contribution in [3.8, 4) is 0 Å². The fourth-order valence-corrected chi connectivity index (χ4v) is 3.92. The molecule has 0 radical (unpaired) electrons. The third-order valence-corrected chi connectivity index (χ3v) is 5.56. The van der Waals surface area contributed by atoms with Gasteiger partial charge in [0, 0.05) is 17.7 Å². The fraction of sp³-hybridized carbons (Fsp3) is 0.346. The topological polar surface area (TPSA) is 45.1 Å². The first-order valence-corrected chi connectivity index (χ1v) is 10.5. The number of rotatable bonds is 7. The smallest absolute Gasteiger partial charge is 0.129 e. The van der Waals surface area contributed by atoms with Crippen molar-refractivity contribution >= 4 is 16.5 Å². The van der Waals surface area contributed by atoms with Crippen LogP contribution in [0.25, 0.3) is 10.8 Å². The van der Waals surface area contributed by atoms with Crippen LogP contribution in [-0.4, -0.2) is 42.0 Å². The van der Waals surface area contributed by atoms with Crippen molar-refractivity contribution < 1.29 is 9.94 Å². The molecule has 0 amide bonds. The van der Waals surface area contributed by atoms with Gasteiger partial charge in [-0.25, -0.2) is 0 Å². The highest BCUT2D eigenvalue weighted by atomic mass is 16.6. The quantitative estimate of drug-likeness (QED) is 0.333. The van der Waals surface area contributed by atoms with Gasteiger partial charge in [0.2, 0.25) is 0 Å². The van der Waals surface area contributed by atoms with Gasteiger partial charge in [-0.2, -0.15) is 0 Å². The molecule has 1 aliphatic heterocycles. The molecule has 4 heteroatoms. The number of aliphatic hydroxyl groups is 1. The van der Waals surface area contributed by atoms with E-state index in [2.05, 4.69) is 46.5 Å². The van der Waals surface area contributed by atoms with Crippen molar-refractivity contribution in [1.82, 2.24) is 4.90 Å². The SMILES string of the molecule is C.OCc1ccc(/C(=N/OCCN2CCCCC2)c2cccc3ccccc23)cc1. The van der Waals surface area contributed by atoms with Crippen LogP contribution in [0.5, 0.6) is 0 Å². The maximum absolute atomic E-state index is 9.36. The Morgan fingerprint density at radius 2 is 1.63 bits per heavy atom. The Balaban J connectivity index is 0.00000256. The molecule has 4 nitrogen and oxygen atoms in total. The Bertz CT molecular complexity index is 955. The van der Waals surface area contributed by atoms with Crippen molar-refractivity contribution in [3.63, 3.8) is 0 Å². The number of aliphatic hydroxyl groups excluding tert-OH is 1. The normalized spacial score (nSPS) is 15.0. The second-order valence-corrected chi connectivity index (χ2v) is 7.56. The molecule has 158 valence electrons. The molecule has 1 aliphatic rings. The first-order valence-electron chi connectivity index (χ1n) is 10.5. The first-order chi connectivity index (χ1) is 14.3. The Labute approximate surface area is 179 Å². The summed E-state index contributed by atoms with van der Waals surface area (Å²) in [6.45, 7) is 3.85. The molecular weight excluding hydrogens is 372 g/mol. The molecule has 3 aromatic carbocycles. The van der Waals surface area contributed by atoms with Crippen LogP contribution in [0.4, 0.5) is 0 Å². The third kappa shape index (κ3) is 5.26. The number of hydrogen-bond donors (Lipinski definition) is 1. The van der Waals surface area contributed by atoms with Crippen LogP contribution in [-0.2, 0) is 11.4 Å². The van der Waals surface area contributed by atoms with Gasteiger partial charge in [-0.1, -0.05) is 85.7 Å². The van der Waals surface area contributed by atoms with E-state index in [1.54, 1.807) is 0 Å². The van der Waals surface area contributed by atoms with Crippen molar-refractivity contribution in [2.45, 2.75) is 33.3 Å². The van der Waals surface area contributed by atoms with Crippen molar-refractivity contribution in [1.29, 1.82) is 0 Å². The van der Waals surface area contributed by atoms with Crippen molar-refractivity contribution in [3.05, 3.63) is 83.4 Å². The molecule has 0 bridgehead atoms. The molecule has 0 aliphatic carbocycles. The third-order valence-electron chi connectivity index (χ3n) is 5.56. The highest BCUT2D eigenvalue weighted by molar-refractivity contribution is 6.19. The number of hydrogen-bond acceptors (Lipinski definition) is 4. The largest absolute Gasteiger partial charge is 0.394 e. The lowest BCUT2D eigenvalue weighted by molar-refractivity contribution is 0.103. The summed E-state index contributed by atoms with van der Waals surface area (Å²) in [5, 5.41) is 16.3. The summed E-state index contributed by atoms with van der Waals surface area (Å²) in [6, 6.07) is 22.5. The zero-order valence-corrected chi connectivity index (χ0v) is 16.8. The van der Waals surface area contributed by atoms with E-state index in [0.29, 0.717) is 6.61 Å². The number of oxime groups is 1. The average molecular weight is 405 g/mol. The van der Waals surface area contributed by atoms with Gasteiger partial charge in [-0.05, 0) is 42.3 Å². The van der Waals surface area contributed by atoms with Crippen LogP contribution in [0.2, 0.25) is 0 Å². The number of likely N-dealkylation sites (tertiary alicyclic amines) is 1. The maximum Gasteiger partial charge on any atom is 0.129 e. The monoisotopic (exact) mass is 404 g/mol. The minimum absolute atomic E-state index is 0. The summed E-state index contributed by atoms with van der Waals surface area (Å²) >= 11 is 0. The highest BCUT2D eigenvalue weighted by Gasteiger charge is 2.13. The van der Waals surface area contributed by atoms with Crippen molar-refractivity contribution in [2.24, 2.45) is 5.16 Å². The first kappa shape index (κ1) is 22.0. The second-order valence-electron chi connectivity index (χ2n) is 7.56. The Kier molecular flexibility index (Phi) is 8.00. The van der Waals surface area contributed by atoms with E-state index >= 15 is 0 Å². The Hall–Kier alpha value is -2.69. The van der Waals surface area contributed by atoms with Crippen LogP contribution in [0.1, 0.15) is 43.4 Å². The van der Waals surface area contributed by atoms with E-state index in [4.69, 9.17) is 4.84 Å². The van der Waals surface area contributed by atoms with Crippen LogP contribution < -0.4 is 0 Å². The molecule has 0 unspecified atom stereocenters. The standard InChI is InChI=1S/C25H28N2O2.CH4/c28-19-20-11-13-22(14-12-20)25(26-29-18-17-27-15-4-1-5-16-27)24-10-6-8-21-7-2-3-9-23(21)24;/h2-3,6-14,28H,1,4-5,15-19H2;1H4/b26-25-;. The van der Waals surface area contributed by atoms with Gasteiger partial charge in [-0.15, -0.1) is 0 Å². The lowest BCUT2D eigenvalue weighted by atomic mass is 9.96. The van der Waals surface area contributed by atoms with E-state index in [1.807, 2.05) is 30.3 Å². The minimum atomic E-state index is 0. The predicted octanol–water partition coefficient (Wildman–Crippen LogP) is 5.22. The number of benzene rings is 3. The van der Waals surface area contributed by atoms with E-state index in [0.717, 1.165) is 47.4 Å². The number of fused-ring (bicyclic) bond motifs is 1. The Morgan fingerprint density at radius 1 is 0.900 bits per heavy atom. The molecule has 3 aromatic rings. The number of piperidine rings is 1. The molecule has 1 fully saturated rings. The summed E-state index contributed by atoms with van der Waals surface area (Å²) in [7, 11) is 0. The molecule has 1 heterocycles.